The molecule has 2 aromatic rings. The molecule has 2 aromatic carbocycles. The van der Waals surface area contributed by atoms with E-state index in [1.165, 1.54) is 11.1 Å². The van der Waals surface area contributed by atoms with Crippen LogP contribution in [0.1, 0.15) is 113 Å². The van der Waals surface area contributed by atoms with Crippen molar-refractivity contribution >= 4 is 17.6 Å². The lowest BCUT2D eigenvalue weighted by atomic mass is 9.81. The molecule has 0 saturated heterocycles. The van der Waals surface area contributed by atoms with Crippen molar-refractivity contribution in [2.75, 3.05) is 0 Å². The van der Waals surface area contributed by atoms with Gasteiger partial charge < -0.3 is 10.5 Å². The van der Waals surface area contributed by atoms with Crippen molar-refractivity contribution in [3.05, 3.63) is 64.7 Å². The lowest BCUT2D eigenvalue weighted by Crippen LogP contribution is -2.53. The summed E-state index contributed by atoms with van der Waals surface area (Å²) in [6, 6.07) is 14.1. The van der Waals surface area contributed by atoms with E-state index in [9.17, 15) is 9.59 Å². The average Bonchev–Trinajstić information content (AvgIpc) is 3.06. The van der Waals surface area contributed by atoms with E-state index in [2.05, 4.69) is 50.9 Å². The predicted molar refractivity (Wildman–Crippen MR) is 151 cm³/mol. The Morgan fingerprint density at radius 1 is 1.05 bits per heavy atom. The number of nitrogens with two attached hydrogens (primary N) is 1. The van der Waals surface area contributed by atoms with Crippen molar-refractivity contribution in [3.8, 4) is 5.75 Å². The molecule has 6 nitrogen and oxygen atoms in total. The molecule has 3 aliphatic rings. The quantitative estimate of drug-likeness (QED) is 0.455. The zero-order valence-electron chi connectivity index (χ0n) is 23.6. The normalized spacial score (nSPS) is 24.7. The summed E-state index contributed by atoms with van der Waals surface area (Å²) in [5, 5.41) is 0. The largest absolute Gasteiger partial charge is 0.488 e. The van der Waals surface area contributed by atoms with E-state index in [0.29, 0.717) is 24.3 Å². The summed E-state index contributed by atoms with van der Waals surface area (Å²) in [5.41, 5.74) is 9.59. The van der Waals surface area contributed by atoms with Crippen LogP contribution >= 0.6 is 0 Å². The number of para-hydroxylation sites is 1. The number of guanidine groups is 1. The maximum Gasteiger partial charge on any atom is 0.232 e. The smallest absolute Gasteiger partial charge is 0.232 e. The van der Waals surface area contributed by atoms with Crippen LogP contribution in [0.3, 0.4) is 0 Å². The van der Waals surface area contributed by atoms with Crippen LogP contribution in [-0.2, 0) is 11.2 Å². The van der Waals surface area contributed by atoms with Crippen molar-refractivity contribution in [2.45, 2.75) is 103 Å². The predicted octanol–water partition coefficient (Wildman–Crippen LogP) is 6.33. The second-order valence-electron chi connectivity index (χ2n) is 13.3. The lowest BCUT2D eigenvalue weighted by Gasteiger charge is -2.41. The van der Waals surface area contributed by atoms with E-state index in [1.807, 2.05) is 38.1 Å². The summed E-state index contributed by atoms with van der Waals surface area (Å²) < 4.78 is 6.18. The van der Waals surface area contributed by atoms with Crippen LogP contribution in [0.4, 0.5) is 0 Å². The van der Waals surface area contributed by atoms with Gasteiger partial charge in [-0.2, -0.15) is 0 Å². The van der Waals surface area contributed by atoms with Gasteiger partial charge in [-0.25, -0.2) is 4.99 Å². The zero-order chi connectivity index (χ0) is 27.5. The zero-order valence-corrected chi connectivity index (χ0v) is 23.6. The Kier molecular flexibility index (Phi) is 6.44. The molecule has 1 aliphatic carbocycles. The Labute approximate surface area is 226 Å². The fourth-order valence-electron chi connectivity index (χ4n) is 6.81. The molecule has 2 atom stereocenters. The molecule has 0 saturated carbocycles. The number of rotatable bonds is 6. The monoisotopic (exact) mass is 515 g/mol. The van der Waals surface area contributed by atoms with Crippen LogP contribution in [0.5, 0.6) is 5.75 Å². The molecule has 0 spiro atoms. The van der Waals surface area contributed by atoms with Gasteiger partial charge in [-0.15, -0.1) is 0 Å². The molecule has 0 unspecified atom stereocenters. The molecule has 5 rings (SSSR count). The van der Waals surface area contributed by atoms with Gasteiger partial charge in [-0.1, -0.05) is 44.2 Å². The van der Waals surface area contributed by atoms with E-state index in [1.54, 1.807) is 4.90 Å². The number of hydrogen-bond donors (Lipinski definition) is 1. The maximum atomic E-state index is 13.4. The number of carbonyl (C=O) groups excluding carboxylic acids is 2. The van der Waals surface area contributed by atoms with E-state index in [0.717, 1.165) is 37.0 Å². The first kappa shape index (κ1) is 26.5. The van der Waals surface area contributed by atoms with Gasteiger partial charge in [0.2, 0.25) is 5.91 Å². The molecule has 2 aliphatic heterocycles. The number of nitrogens with zero attached hydrogens (tertiary/aromatic N) is 2. The molecule has 2 N–H and O–H groups in total. The minimum Gasteiger partial charge on any atom is -0.488 e. The Balaban J connectivity index is 1.33. The number of ether oxygens (including phenoxy) is 1. The van der Waals surface area contributed by atoms with Crippen molar-refractivity contribution in [1.82, 2.24) is 4.90 Å². The number of ketones is 1. The van der Waals surface area contributed by atoms with Gasteiger partial charge in [0.1, 0.15) is 11.4 Å². The number of amides is 1. The third-order valence-corrected chi connectivity index (χ3v) is 8.36. The summed E-state index contributed by atoms with van der Waals surface area (Å²) in [5.74, 6) is 1.75. The Bertz CT molecular complexity index is 1310. The molecule has 0 fully saturated rings. The number of carbonyl (C=O) groups is 2. The Hall–Kier alpha value is -3.15. The first-order valence-electron chi connectivity index (χ1n) is 13.9. The van der Waals surface area contributed by atoms with Gasteiger partial charge in [0.05, 0.1) is 18.0 Å². The van der Waals surface area contributed by atoms with E-state index in [-0.39, 0.29) is 34.7 Å². The summed E-state index contributed by atoms with van der Waals surface area (Å²) in [6.45, 7) is 12.4. The number of aliphatic imine (C=N–C) groups is 1. The van der Waals surface area contributed by atoms with Gasteiger partial charge in [-0.05, 0) is 93.5 Å². The number of fused-ring (bicyclic) bond motifs is 2. The van der Waals surface area contributed by atoms with Crippen LogP contribution in [0.25, 0.3) is 0 Å². The molecular formula is C32H41N3O3. The van der Waals surface area contributed by atoms with Gasteiger partial charge in [-0.3, -0.25) is 14.5 Å². The second kappa shape index (κ2) is 9.25. The molecule has 1 amide bonds. The molecular weight excluding hydrogens is 474 g/mol. The molecule has 0 radical (unpaired) electrons. The van der Waals surface area contributed by atoms with Crippen molar-refractivity contribution < 1.29 is 14.3 Å². The van der Waals surface area contributed by atoms with E-state index >= 15 is 0 Å². The highest BCUT2D eigenvalue weighted by Gasteiger charge is 2.48. The molecule has 38 heavy (non-hydrogen) atoms. The maximum absolute atomic E-state index is 13.4. The van der Waals surface area contributed by atoms with Gasteiger partial charge >= 0.3 is 0 Å². The van der Waals surface area contributed by atoms with Gasteiger partial charge in [0.25, 0.3) is 0 Å². The number of benzene rings is 2. The highest BCUT2D eigenvalue weighted by atomic mass is 16.5. The molecule has 6 heteroatoms. The van der Waals surface area contributed by atoms with E-state index < -0.39 is 5.54 Å². The molecule has 0 aromatic heterocycles. The number of hydrogen-bond acceptors (Lipinski definition) is 5. The van der Waals surface area contributed by atoms with Gasteiger partial charge in [0.15, 0.2) is 11.7 Å². The number of Topliss-reactive ketones (excluding diaryl/α,β-unsaturated/α-hetero) is 1. The molecule has 0 bridgehead atoms. The summed E-state index contributed by atoms with van der Waals surface area (Å²) in [6.07, 6.45) is 4.34. The van der Waals surface area contributed by atoms with E-state index in [4.69, 9.17) is 10.5 Å². The van der Waals surface area contributed by atoms with Crippen molar-refractivity contribution in [1.29, 1.82) is 0 Å². The van der Waals surface area contributed by atoms with Crippen LogP contribution in [0, 0.1) is 5.41 Å². The Morgan fingerprint density at radius 3 is 2.53 bits per heavy atom. The highest BCUT2D eigenvalue weighted by molar-refractivity contribution is 6.00. The second-order valence-corrected chi connectivity index (χ2v) is 13.3. The summed E-state index contributed by atoms with van der Waals surface area (Å²) >= 11 is 0. The van der Waals surface area contributed by atoms with Crippen LogP contribution in [0.15, 0.2) is 47.5 Å². The molecule has 2 heterocycles. The van der Waals surface area contributed by atoms with Crippen LogP contribution in [0.2, 0.25) is 0 Å². The highest BCUT2D eigenvalue weighted by Crippen LogP contribution is 2.50. The summed E-state index contributed by atoms with van der Waals surface area (Å²) in [4.78, 5) is 32.9. The fourth-order valence-corrected chi connectivity index (χ4v) is 6.81. The van der Waals surface area contributed by atoms with Crippen LogP contribution in [-0.4, -0.2) is 33.7 Å². The van der Waals surface area contributed by atoms with Crippen LogP contribution < -0.4 is 10.5 Å². The average molecular weight is 516 g/mol. The third-order valence-electron chi connectivity index (χ3n) is 8.36. The van der Waals surface area contributed by atoms with Crippen molar-refractivity contribution in [2.24, 2.45) is 16.1 Å². The lowest BCUT2D eigenvalue weighted by molar-refractivity contribution is -0.132. The first-order chi connectivity index (χ1) is 17.8. The standard InChI is InChI=1S/C32H41N3O3/c1-30(2)17-22-15-14-20(16-24(22)28(30)35-27(37)19-31(3,4)34-29(35)33)25(36)12-9-10-21-18-32(5,6)38-26-13-8-7-11-23(21)26/h7-8,11,13-16,21,28H,9-10,12,17-19H2,1-6H3,(H2,33,34)/t21-,28-/m0/s1. The van der Waals surface area contributed by atoms with Crippen molar-refractivity contribution in [3.63, 3.8) is 0 Å². The SMILES string of the molecule is CC1(C)CC(=O)N([C@H]2c3cc(C(=O)CCC[C@H]4CC(C)(C)Oc5ccccc54)ccc3CC2(C)C)C(N)=N1. The molecule has 202 valence electrons. The minimum atomic E-state index is -0.499. The topological polar surface area (TPSA) is 85.0 Å². The fraction of sp³-hybridized carbons (Fsp3) is 0.531. The third kappa shape index (κ3) is 4.97. The minimum absolute atomic E-state index is 0.00942. The first-order valence-corrected chi connectivity index (χ1v) is 13.9. The Morgan fingerprint density at radius 2 is 1.79 bits per heavy atom. The van der Waals surface area contributed by atoms with Gasteiger partial charge in [0, 0.05) is 12.0 Å². The summed E-state index contributed by atoms with van der Waals surface area (Å²) in [7, 11) is 0.